The van der Waals surface area contributed by atoms with Crippen molar-refractivity contribution >= 4 is 5.95 Å². The number of hydrogen-bond donors (Lipinski definition) is 3. The zero-order valence-electron chi connectivity index (χ0n) is 12.4. The monoisotopic (exact) mass is 287 g/mol. The van der Waals surface area contributed by atoms with Gasteiger partial charge in [0.25, 0.3) is 0 Å². The first-order chi connectivity index (χ1) is 10.2. The Kier molecular flexibility index (Phi) is 3.79. The molecule has 1 aliphatic rings. The van der Waals surface area contributed by atoms with Crippen LogP contribution in [0.15, 0.2) is 18.2 Å². The topological polar surface area (TPSA) is 77.1 Å². The van der Waals surface area contributed by atoms with Gasteiger partial charge in [-0.25, -0.2) is 0 Å². The third kappa shape index (κ3) is 2.85. The molecule has 0 unspecified atom stereocenters. The molecule has 3 N–H and O–H groups in total. The van der Waals surface area contributed by atoms with Crippen molar-refractivity contribution in [1.82, 2.24) is 20.5 Å². The highest BCUT2D eigenvalue weighted by atomic mass is 16.3. The van der Waals surface area contributed by atoms with Gasteiger partial charge in [0, 0.05) is 24.7 Å². The summed E-state index contributed by atoms with van der Waals surface area (Å²) in [4.78, 5) is 6.81. The summed E-state index contributed by atoms with van der Waals surface area (Å²) >= 11 is 0. The van der Waals surface area contributed by atoms with Gasteiger partial charge >= 0.3 is 0 Å². The van der Waals surface area contributed by atoms with Crippen molar-refractivity contribution in [3.8, 4) is 17.1 Å². The maximum Gasteiger partial charge on any atom is 0.245 e. The Bertz CT molecular complexity index is 616. The van der Waals surface area contributed by atoms with Crippen LogP contribution in [0.2, 0.25) is 0 Å². The van der Waals surface area contributed by atoms with E-state index in [9.17, 15) is 5.11 Å². The third-order valence-corrected chi connectivity index (χ3v) is 4.12. The van der Waals surface area contributed by atoms with Gasteiger partial charge in [0.2, 0.25) is 5.95 Å². The van der Waals surface area contributed by atoms with Crippen molar-refractivity contribution in [3.63, 3.8) is 0 Å². The van der Waals surface area contributed by atoms with Gasteiger partial charge in [0.05, 0.1) is 0 Å². The van der Waals surface area contributed by atoms with E-state index in [1.165, 1.54) is 0 Å². The summed E-state index contributed by atoms with van der Waals surface area (Å²) in [5.41, 5.74) is 1.95. The molecule has 0 aliphatic carbocycles. The van der Waals surface area contributed by atoms with Crippen molar-refractivity contribution in [2.24, 2.45) is 0 Å². The molecular formula is C15H21N5O. The molecule has 0 spiro atoms. The molecule has 0 amide bonds. The van der Waals surface area contributed by atoms with Crippen LogP contribution in [0.3, 0.4) is 0 Å². The number of hydrogen-bond acceptors (Lipinski definition) is 5. The fraction of sp³-hybridized carbons (Fsp3) is 0.467. The van der Waals surface area contributed by atoms with Crippen LogP contribution in [0, 0.1) is 6.92 Å². The first-order valence-corrected chi connectivity index (χ1v) is 7.32. The molecule has 6 nitrogen and oxygen atoms in total. The van der Waals surface area contributed by atoms with Crippen LogP contribution < -0.4 is 10.2 Å². The molecule has 21 heavy (non-hydrogen) atoms. The van der Waals surface area contributed by atoms with E-state index in [2.05, 4.69) is 25.4 Å². The number of nitrogens with one attached hydrogen (secondary N) is 2. The Morgan fingerprint density at radius 1 is 1.33 bits per heavy atom. The number of aryl methyl sites for hydroxylation is 1. The third-order valence-electron chi connectivity index (χ3n) is 4.12. The highest BCUT2D eigenvalue weighted by Crippen LogP contribution is 2.25. The number of phenols is 1. The van der Waals surface area contributed by atoms with E-state index in [4.69, 9.17) is 0 Å². The van der Waals surface area contributed by atoms with Crippen molar-refractivity contribution in [2.45, 2.75) is 25.8 Å². The molecule has 6 heteroatoms. The van der Waals surface area contributed by atoms with Crippen LogP contribution in [-0.4, -0.2) is 46.5 Å². The van der Waals surface area contributed by atoms with Gasteiger partial charge in [-0.15, -0.1) is 5.10 Å². The maximum absolute atomic E-state index is 9.48. The minimum atomic E-state index is 0.269. The Labute approximate surface area is 124 Å². The molecule has 2 aromatic rings. The van der Waals surface area contributed by atoms with Gasteiger partial charge in [0.1, 0.15) is 5.75 Å². The van der Waals surface area contributed by atoms with Gasteiger partial charge in [-0.3, -0.25) is 5.10 Å². The molecule has 1 saturated heterocycles. The fourth-order valence-electron chi connectivity index (χ4n) is 2.80. The molecule has 0 radical (unpaired) electrons. The summed E-state index contributed by atoms with van der Waals surface area (Å²) in [5, 5.41) is 20.1. The van der Waals surface area contributed by atoms with Crippen LogP contribution in [0.4, 0.5) is 5.95 Å². The van der Waals surface area contributed by atoms with Crippen LogP contribution in [0.25, 0.3) is 11.4 Å². The number of piperidine rings is 1. The first-order valence-electron chi connectivity index (χ1n) is 7.32. The van der Waals surface area contributed by atoms with Crippen molar-refractivity contribution < 1.29 is 5.11 Å². The molecule has 112 valence electrons. The van der Waals surface area contributed by atoms with Crippen LogP contribution in [-0.2, 0) is 0 Å². The molecular weight excluding hydrogens is 266 g/mol. The van der Waals surface area contributed by atoms with Gasteiger partial charge in [-0.1, -0.05) is 0 Å². The van der Waals surface area contributed by atoms with E-state index in [0.717, 1.165) is 48.8 Å². The van der Waals surface area contributed by atoms with E-state index in [1.54, 1.807) is 12.1 Å². The predicted octanol–water partition coefficient (Wildman–Crippen LogP) is 1.67. The van der Waals surface area contributed by atoms with E-state index in [-0.39, 0.29) is 5.75 Å². The van der Waals surface area contributed by atoms with E-state index in [1.807, 2.05) is 20.0 Å². The number of phenolic OH excluding ortho intramolecular Hbond substituents is 1. The van der Waals surface area contributed by atoms with Crippen LogP contribution >= 0.6 is 0 Å². The Morgan fingerprint density at radius 2 is 2.10 bits per heavy atom. The average Bonchev–Trinajstić information content (AvgIpc) is 2.97. The van der Waals surface area contributed by atoms with Gasteiger partial charge in [-0.2, -0.15) is 4.98 Å². The second-order valence-electron chi connectivity index (χ2n) is 5.53. The second kappa shape index (κ2) is 5.73. The Balaban J connectivity index is 1.77. The zero-order chi connectivity index (χ0) is 14.8. The van der Waals surface area contributed by atoms with E-state index >= 15 is 0 Å². The molecule has 0 saturated carbocycles. The SMILES string of the molecule is CNC1CCN(c2n[nH]c(-c3ccc(O)cc3C)n2)CC1. The summed E-state index contributed by atoms with van der Waals surface area (Å²) in [5.74, 6) is 1.77. The number of aromatic nitrogens is 3. The van der Waals surface area contributed by atoms with Crippen molar-refractivity contribution in [3.05, 3.63) is 23.8 Å². The molecule has 0 atom stereocenters. The van der Waals surface area contributed by atoms with E-state index in [0.29, 0.717) is 6.04 Å². The lowest BCUT2D eigenvalue weighted by Crippen LogP contribution is -2.41. The second-order valence-corrected chi connectivity index (χ2v) is 5.53. The maximum atomic E-state index is 9.48. The van der Waals surface area contributed by atoms with Gasteiger partial charge in [-0.05, 0) is 50.6 Å². The lowest BCUT2D eigenvalue weighted by Gasteiger charge is -2.30. The number of anilines is 1. The molecule has 3 rings (SSSR count). The highest BCUT2D eigenvalue weighted by Gasteiger charge is 2.21. The summed E-state index contributed by atoms with van der Waals surface area (Å²) in [7, 11) is 2.01. The summed E-state index contributed by atoms with van der Waals surface area (Å²) in [6.07, 6.45) is 2.22. The standard InChI is InChI=1S/C15H21N5O/c1-10-9-12(21)3-4-13(10)14-17-15(19-18-14)20-7-5-11(16-2)6-8-20/h3-4,9,11,16,21H,5-8H2,1-2H3,(H,17,18,19). The number of benzene rings is 1. The lowest BCUT2D eigenvalue weighted by molar-refractivity contribution is 0.439. The Morgan fingerprint density at radius 3 is 2.76 bits per heavy atom. The quantitative estimate of drug-likeness (QED) is 0.800. The number of aromatic hydroxyl groups is 1. The smallest absolute Gasteiger partial charge is 0.245 e. The predicted molar refractivity (Wildman–Crippen MR) is 82.5 cm³/mol. The van der Waals surface area contributed by atoms with Crippen LogP contribution in [0.5, 0.6) is 5.75 Å². The van der Waals surface area contributed by atoms with Gasteiger partial charge < -0.3 is 15.3 Å². The van der Waals surface area contributed by atoms with Gasteiger partial charge in [0.15, 0.2) is 5.82 Å². The first kappa shape index (κ1) is 13.9. The largest absolute Gasteiger partial charge is 0.508 e. The number of nitrogens with zero attached hydrogens (tertiary/aromatic N) is 3. The molecule has 1 aliphatic heterocycles. The highest BCUT2D eigenvalue weighted by molar-refractivity contribution is 5.62. The minimum Gasteiger partial charge on any atom is -0.508 e. The summed E-state index contributed by atoms with van der Waals surface area (Å²) in [6, 6.07) is 5.86. The number of H-pyrrole nitrogens is 1. The molecule has 2 heterocycles. The van der Waals surface area contributed by atoms with E-state index < -0.39 is 0 Å². The molecule has 1 fully saturated rings. The summed E-state index contributed by atoms with van der Waals surface area (Å²) < 4.78 is 0. The zero-order valence-corrected chi connectivity index (χ0v) is 12.4. The minimum absolute atomic E-state index is 0.269. The fourth-order valence-corrected chi connectivity index (χ4v) is 2.80. The number of rotatable bonds is 3. The Hall–Kier alpha value is -2.08. The molecule has 0 bridgehead atoms. The average molecular weight is 287 g/mol. The van der Waals surface area contributed by atoms with Crippen molar-refractivity contribution in [1.29, 1.82) is 0 Å². The molecule has 1 aromatic heterocycles. The number of aromatic amines is 1. The van der Waals surface area contributed by atoms with Crippen LogP contribution in [0.1, 0.15) is 18.4 Å². The molecule has 1 aromatic carbocycles. The van der Waals surface area contributed by atoms with Crippen molar-refractivity contribution in [2.75, 3.05) is 25.0 Å². The summed E-state index contributed by atoms with van der Waals surface area (Å²) in [6.45, 7) is 3.89. The normalized spacial score (nSPS) is 16.4. The lowest BCUT2D eigenvalue weighted by atomic mass is 10.1.